The molecule has 6 heteroatoms. The van der Waals surface area contributed by atoms with Crippen molar-refractivity contribution in [3.8, 4) is 0 Å². The third-order valence-electron chi connectivity index (χ3n) is 8.71. The average molecular weight is 504 g/mol. The second-order valence-corrected chi connectivity index (χ2v) is 10.6. The van der Waals surface area contributed by atoms with Gasteiger partial charge in [-0.2, -0.15) is 0 Å². The van der Waals surface area contributed by atoms with Crippen LogP contribution >= 0.6 is 22.6 Å². The van der Waals surface area contributed by atoms with Crippen LogP contribution in [0.25, 0.3) is 0 Å². The molecule has 0 heterocycles. The third kappa shape index (κ3) is 2.92. The van der Waals surface area contributed by atoms with Gasteiger partial charge in [0.25, 0.3) is 0 Å². The summed E-state index contributed by atoms with van der Waals surface area (Å²) in [7, 11) is 0. The number of ether oxygens (including phenoxy) is 1. The van der Waals surface area contributed by atoms with Crippen LogP contribution in [-0.2, 0) is 14.3 Å². The van der Waals surface area contributed by atoms with E-state index in [9.17, 15) is 19.8 Å². The maximum atomic E-state index is 13.3. The van der Waals surface area contributed by atoms with Gasteiger partial charge < -0.3 is 14.9 Å². The largest absolute Gasteiger partial charge is 0.461 e. The number of alkyl halides is 1. The zero-order chi connectivity index (χ0) is 21.1. The second kappa shape index (κ2) is 7.34. The molecule has 0 aromatic heterocycles. The quantitative estimate of drug-likeness (QED) is 0.267. The Kier molecular flexibility index (Phi) is 5.83. The number of esters is 1. The lowest BCUT2D eigenvalue weighted by Gasteiger charge is -2.61. The smallest absolute Gasteiger partial charge is 0.316 e. The zero-order valence-corrected chi connectivity index (χ0v) is 19.4. The number of aliphatic hydroxyl groups excluding tert-OH is 2. The fraction of sp³-hybridized carbons (Fsp3) is 0.818. The van der Waals surface area contributed by atoms with Crippen LogP contribution in [0.15, 0.2) is 12.7 Å². The molecule has 28 heavy (non-hydrogen) atoms. The van der Waals surface area contributed by atoms with Crippen molar-refractivity contribution < 1.29 is 24.5 Å². The van der Waals surface area contributed by atoms with Crippen LogP contribution in [0, 0.1) is 34.0 Å². The summed E-state index contributed by atoms with van der Waals surface area (Å²) in [6.07, 6.45) is 1.96. The highest BCUT2D eigenvalue weighted by Crippen LogP contribution is 2.67. The van der Waals surface area contributed by atoms with Gasteiger partial charge in [0, 0.05) is 16.7 Å². The van der Waals surface area contributed by atoms with Crippen molar-refractivity contribution in [1.29, 1.82) is 0 Å². The molecular weight excluding hydrogens is 471 g/mol. The first-order valence-electron chi connectivity index (χ1n) is 10.3. The fourth-order valence-corrected chi connectivity index (χ4v) is 6.86. The first-order chi connectivity index (χ1) is 13.0. The average Bonchev–Trinajstić information content (AvgIpc) is 2.94. The normalized spacial score (nSPS) is 51.0. The molecule has 0 amide bonds. The van der Waals surface area contributed by atoms with E-state index >= 15 is 0 Å². The van der Waals surface area contributed by atoms with E-state index in [4.69, 9.17) is 4.74 Å². The Hall–Kier alpha value is -0.470. The number of hydrogen-bond donors (Lipinski definition) is 2. The zero-order valence-electron chi connectivity index (χ0n) is 17.3. The summed E-state index contributed by atoms with van der Waals surface area (Å²) < 4.78 is 6.20. The predicted octanol–water partition coefficient (Wildman–Crippen LogP) is 3.30. The molecule has 5 nitrogen and oxygen atoms in total. The van der Waals surface area contributed by atoms with Crippen molar-refractivity contribution in [2.75, 3.05) is 4.43 Å². The standard InChI is InChI=1S/C22H33IO5/c1-6-20(4)10-15(28-16(25)11-23)21(5)12(2)7-8-22(13(3)19(20)27)9-14(24)17(26)18(21)22/h6,12-15,18-19,24,27H,1,7-11H2,2-5H3/t12-,13+,14+,15+,18+,19+,20-,21+,22+/m1/s1. The lowest BCUT2D eigenvalue weighted by atomic mass is 9.44. The summed E-state index contributed by atoms with van der Waals surface area (Å²) in [6, 6.07) is 0. The number of ketones is 1. The van der Waals surface area contributed by atoms with Gasteiger partial charge in [0.05, 0.1) is 10.5 Å². The van der Waals surface area contributed by atoms with Crippen molar-refractivity contribution in [3.63, 3.8) is 0 Å². The monoisotopic (exact) mass is 504 g/mol. The molecule has 0 radical (unpaired) electrons. The molecule has 2 bridgehead atoms. The summed E-state index contributed by atoms with van der Waals surface area (Å²) in [4.78, 5) is 25.6. The summed E-state index contributed by atoms with van der Waals surface area (Å²) in [5.74, 6) is -0.899. The molecular formula is C22H33IO5. The van der Waals surface area contributed by atoms with E-state index in [2.05, 4.69) is 20.4 Å². The minimum atomic E-state index is -1.02. The van der Waals surface area contributed by atoms with Crippen molar-refractivity contribution in [1.82, 2.24) is 0 Å². The topological polar surface area (TPSA) is 83.8 Å². The van der Waals surface area contributed by atoms with Crippen molar-refractivity contribution >= 4 is 34.3 Å². The Labute approximate surface area is 181 Å². The highest BCUT2D eigenvalue weighted by molar-refractivity contribution is 14.1. The number of aliphatic hydroxyl groups is 2. The van der Waals surface area contributed by atoms with Gasteiger partial charge in [-0.25, -0.2) is 0 Å². The Balaban J connectivity index is 2.24. The molecule has 3 saturated carbocycles. The highest BCUT2D eigenvalue weighted by Gasteiger charge is 2.70. The molecule has 3 fully saturated rings. The molecule has 2 N–H and O–H groups in total. The number of carbonyl (C=O) groups excluding carboxylic acids is 2. The predicted molar refractivity (Wildman–Crippen MR) is 115 cm³/mol. The molecule has 0 saturated heterocycles. The molecule has 0 aromatic rings. The minimum Gasteiger partial charge on any atom is -0.461 e. The molecule has 9 atom stereocenters. The van der Waals surface area contributed by atoms with Gasteiger partial charge in [-0.05, 0) is 42.9 Å². The van der Waals surface area contributed by atoms with Crippen LogP contribution in [0.3, 0.4) is 0 Å². The molecule has 3 rings (SSSR count). The molecule has 0 aliphatic heterocycles. The van der Waals surface area contributed by atoms with E-state index in [1.807, 2.05) is 36.4 Å². The summed E-state index contributed by atoms with van der Waals surface area (Å²) in [6.45, 7) is 12.1. The van der Waals surface area contributed by atoms with E-state index in [1.165, 1.54) is 0 Å². The number of halogens is 1. The van der Waals surface area contributed by atoms with Crippen LogP contribution in [0.5, 0.6) is 0 Å². The molecule has 3 aliphatic carbocycles. The Morgan fingerprint density at radius 2 is 1.96 bits per heavy atom. The SMILES string of the molecule is C=C[C@]1(C)C[C@H](OC(=O)CI)[C@]2(C)[C@H](C)CC[C@]3(C[C@H](O)C(=O)[C@H]32)[C@@H](C)[C@@H]1O. The van der Waals surface area contributed by atoms with Crippen LogP contribution in [0.1, 0.15) is 53.4 Å². The van der Waals surface area contributed by atoms with Gasteiger partial charge in [-0.15, -0.1) is 6.58 Å². The van der Waals surface area contributed by atoms with Crippen molar-refractivity contribution in [2.45, 2.75) is 71.7 Å². The number of Topliss-reactive ketones (excluding diaryl/α,β-unsaturated/α-hetero) is 1. The molecule has 3 aliphatic rings. The van der Waals surface area contributed by atoms with Gasteiger partial charge in [-0.3, -0.25) is 9.59 Å². The Bertz CT molecular complexity index is 680. The van der Waals surface area contributed by atoms with E-state index in [-0.39, 0.29) is 28.0 Å². The third-order valence-corrected chi connectivity index (χ3v) is 9.33. The number of hydrogen-bond acceptors (Lipinski definition) is 5. The molecule has 0 aromatic carbocycles. The first kappa shape index (κ1) is 22.2. The highest BCUT2D eigenvalue weighted by atomic mass is 127. The van der Waals surface area contributed by atoms with E-state index in [1.54, 1.807) is 6.08 Å². The second-order valence-electron chi connectivity index (χ2n) is 9.85. The van der Waals surface area contributed by atoms with Gasteiger partial charge in [0.15, 0.2) is 5.78 Å². The Morgan fingerprint density at radius 1 is 1.32 bits per heavy atom. The minimum absolute atomic E-state index is 0.147. The van der Waals surface area contributed by atoms with Crippen molar-refractivity contribution in [3.05, 3.63) is 12.7 Å². The first-order valence-corrected chi connectivity index (χ1v) is 11.8. The van der Waals surface area contributed by atoms with Gasteiger partial charge >= 0.3 is 5.97 Å². The summed E-state index contributed by atoms with van der Waals surface area (Å²) >= 11 is 1.99. The maximum absolute atomic E-state index is 13.3. The Morgan fingerprint density at radius 3 is 2.54 bits per heavy atom. The van der Waals surface area contributed by atoms with Gasteiger partial charge in [0.2, 0.25) is 0 Å². The fourth-order valence-electron chi connectivity index (χ4n) is 6.68. The van der Waals surface area contributed by atoms with Gasteiger partial charge in [0.1, 0.15) is 12.2 Å². The van der Waals surface area contributed by atoms with Gasteiger partial charge in [-0.1, -0.05) is 56.4 Å². The summed E-state index contributed by atoms with van der Waals surface area (Å²) in [5.41, 5.74) is -1.73. The van der Waals surface area contributed by atoms with Crippen LogP contribution in [0.4, 0.5) is 0 Å². The number of carbonyl (C=O) groups is 2. The van der Waals surface area contributed by atoms with E-state index < -0.39 is 40.5 Å². The maximum Gasteiger partial charge on any atom is 0.316 e. The lowest BCUT2D eigenvalue weighted by molar-refractivity contribution is -0.205. The lowest BCUT2D eigenvalue weighted by Crippen LogP contribution is -2.63. The number of rotatable bonds is 3. The molecule has 158 valence electrons. The van der Waals surface area contributed by atoms with E-state index in [0.717, 1.165) is 12.8 Å². The summed E-state index contributed by atoms with van der Waals surface area (Å²) in [5, 5.41) is 22.0. The van der Waals surface area contributed by atoms with Crippen LogP contribution in [0.2, 0.25) is 0 Å². The van der Waals surface area contributed by atoms with Crippen LogP contribution < -0.4 is 0 Å². The molecule has 0 spiro atoms. The van der Waals surface area contributed by atoms with E-state index in [0.29, 0.717) is 12.8 Å². The van der Waals surface area contributed by atoms with Crippen LogP contribution in [-0.4, -0.2) is 44.7 Å². The molecule has 0 unspecified atom stereocenters. The van der Waals surface area contributed by atoms with Crippen molar-refractivity contribution in [2.24, 2.45) is 34.0 Å².